The lowest BCUT2D eigenvalue weighted by Crippen LogP contribution is -2.40. The lowest BCUT2D eigenvalue weighted by molar-refractivity contribution is -0.130. The van der Waals surface area contributed by atoms with Gasteiger partial charge < -0.3 is 4.74 Å². The number of ketones is 1. The number of ether oxygens (including phenoxy) is 1. The summed E-state index contributed by atoms with van der Waals surface area (Å²) >= 11 is 0. The molecule has 0 radical (unpaired) electrons. The normalized spacial score (nSPS) is 18.5. The predicted molar refractivity (Wildman–Crippen MR) is 72.7 cm³/mol. The van der Waals surface area contributed by atoms with E-state index >= 15 is 0 Å². The van der Waals surface area contributed by atoms with E-state index in [4.69, 9.17) is 4.74 Å². The van der Waals surface area contributed by atoms with Gasteiger partial charge in [0.1, 0.15) is 6.61 Å². The number of hydrogen-bond acceptors (Lipinski definition) is 2. The third kappa shape index (κ3) is 2.64. The summed E-state index contributed by atoms with van der Waals surface area (Å²) in [6, 6.07) is 10.2. The number of benzene rings is 1. The molecule has 1 saturated carbocycles. The summed E-state index contributed by atoms with van der Waals surface area (Å²) in [6.45, 7) is 2.80. The third-order valence-electron chi connectivity index (χ3n) is 4.00. The van der Waals surface area contributed by atoms with Gasteiger partial charge in [-0.1, -0.05) is 49.6 Å². The Morgan fingerprint density at radius 2 is 1.83 bits per heavy atom. The Kier molecular flexibility index (Phi) is 4.54. The van der Waals surface area contributed by atoms with Crippen molar-refractivity contribution in [2.45, 2.75) is 44.4 Å². The lowest BCUT2D eigenvalue weighted by atomic mass is 9.67. The topological polar surface area (TPSA) is 26.3 Å². The van der Waals surface area contributed by atoms with Gasteiger partial charge in [-0.2, -0.15) is 0 Å². The van der Waals surface area contributed by atoms with Crippen LogP contribution in [0.3, 0.4) is 0 Å². The molecule has 0 aromatic heterocycles. The highest BCUT2D eigenvalue weighted by atomic mass is 16.5. The highest BCUT2D eigenvalue weighted by Crippen LogP contribution is 2.40. The minimum absolute atomic E-state index is 0.255. The van der Waals surface area contributed by atoms with Gasteiger partial charge in [-0.05, 0) is 25.3 Å². The van der Waals surface area contributed by atoms with E-state index in [2.05, 4.69) is 12.1 Å². The zero-order valence-electron chi connectivity index (χ0n) is 11.2. The SMILES string of the molecule is CCOCC(=O)C1(c2ccccc2)CCCCC1. The summed E-state index contributed by atoms with van der Waals surface area (Å²) in [4.78, 5) is 12.6. The van der Waals surface area contributed by atoms with Gasteiger partial charge in [0.2, 0.25) is 0 Å². The smallest absolute Gasteiger partial charge is 0.168 e. The summed E-state index contributed by atoms with van der Waals surface area (Å²) in [6.07, 6.45) is 5.49. The molecule has 0 amide bonds. The second kappa shape index (κ2) is 6.14. The van der Waals surface area contributed by atoms with Crippen LogP contribution in [-0.4, -0.2) is 19.0 Å². The molecule has 1 aromatic carbocycles. The molecule has 18 heavy (non-hydrogen) atoms. The standard InChI is InChI=1S/C16H22O2/c1-2-18-13-15(17)16(11-7-4-8-12-16)14-9-5-3-6-10-14/h3,5-6,9-10H,2,4,7-8,11-13H2,1H3. The van der Waals surface area contributed by atoms with Gasteiger partial charge in [-0.15, -0.1) is 0 Å². The largest absolute Gasteiger partial charge is 0.374 e. The van der Waals surface area contributed by atoms with Crippen molar-refractivity contribution in [1.82, 2.24) is 0 Å². The Hall–Kier alpha value is -1.15. The van der Waals surface area contributed by atoms with Crippen molar-refractivity contribution in [3.63, 3.8) is 0 Å². The second-order valence-corrected chi connectivity index (χ2v) is 5.07. The van der Waals surface area contributed by atoms with Gasteiger partial charge in [0.05, 0.1) is 5.41 Å². The Morgan fingerprint density at radius 1 is 1.17 bits per heavy atom. The summed E-state index contributed by atoms with van der Waals surface area (Å²) < 4.78 is 5.35. The molecule has 2 heteroatoms. The van der Waals surface area contributed by atoms with Gasteiger partial charge in [-0.25, -0.2) is 0 Å². The molecule has 1 aromatic rings. The first-order valence-corrected chi connectivity index (χ1v) is 6.96. The maximum absolute atomic E-state index is 12.6. The molecule has 2 nitrogen and oxygen atoms in total. The van der Waals surface area contributed by atoms with E-state index in [0.717, 1.165) is 25.7 Å². The average molecular weight is 246 g/mol. The summed E-state index contributed by atoms with van der Waals surface area (Å²) in [5.74, 6) is 0.259. The van der Waals surface area contributed by atoms with Crippen molar-refractivity contribution >= 4 is 5.78 Å². The number of hydrogen-bond donors (Lipinski definition) is 0. The summed E-state index contributed by atoms with van der Waals surface area (Å²) in [5, 5.41) is 0. The monoisotopic (exact) mass is 246 g/mol. The zero-order chi connectivity index (χ0) is 12.8. The second-order valence-electron chi connectivity index (χ2n) is 5.07. The van der Waals surface area contributed by atoms with E-state index in [0.29, 0.717) is 6.61 Å². The van der Waals surface area contributed by atoms with Gasteiger partial charge in [0.25, 0.3) is 0 Å². The molecule has 0 atom stereocenters. The molecule has 0 saturated heterocycles. The van der Waals surface area contributed by atoms with E-state index in [1.54, 1.807) is 0 Å². The van der Waals surface area contributed by atoms with Crippen LogP contribution in [0.1, 0.15) is 44.6 Å². The van der Waals surface area contributed by atoms with Crippen molar-refractivity contribution in [2.75, 3.05) is 13.2 Å². The number of rotatable bonds is 5. The minimum Gasteiger partial charge on any atom is -0.374 e. The molecular weight excluding hydrogens is 224 g/mol. The van der Waals surface area contributed by atoms with E-state index in [1.165, 1.54) is 12.0 Å². The van der Waals surface area contributed by atoms with Crippen molar-refractivity contribution in [3.8, 4) is 0 Å². The zero-order valence-corrected chi connectivity index (χ0v) is 11.2. The fourth-order valence-electron chi connectivity index (χ4n) is 2.97. The van der Waals surface area contributed by atoms with E-state index in [-0.39, 0.29) is 17.8 Å². The average Bonchev–Trinajstić information content (AvgIpc) is 2.46. The maximum atomic E-state index is 12.6. The Morgan fingerprint density at radius 3 is 2.44 bits per heavy atom. The third-order valence-corrected chi connectivity index (χ3v) is 4.00. The first-order valence-electron chi connectivity index (χ1n) is 6.96. The van der Waals surface area contributed by atoms with Crippen molar-refractivity contribution in [3.05, 3.63) is 35.9 Å². The summed E-state index contributed by atoms with van der Waals surface area (Å²) in [7, 11) is 0. The Bertz CT molecular complexity index is 377. The molecule has 1 fully saturated rings. The maximum Gasteiger partial charge on any atom is 0.168 e. The molecule has 0 N–H and O–H groups in total. The van der Waals surface area contributed by atoms with Crippen molar-refractivity contribution in [2.24, 2.45) is 0 Å². The fourth-order valence-corrected chi connectivity index (χ4v) is 2.97. The Balaban J connectivity index is 2.25. The van der Waals surface area contributed by atoms with Crippen LogP contribution in [-0.2, 0) is 14.9 Å². The van der Waals surface area contributed by atoms with Crippen molar-refractivity contribution < 1.29 is 9.53 Å². The first-order chi connectivity index (χ1) is 8.79. The highest BCUT2D eigenvalue weighted by Gasteiger charge is 2.40. The Labute approximate surface area is 109 Å². The molecule has 0 bridgehead atoms. The first kappa shape index (κ1) is 13.3. The molecule has 1 aliphatic rings. The molecule has 0 unspecified atom stereocenters. The van der Waals surface area contributed by atoms with Crippen molar-refractivity contribution in [1.29, 1.82) is 0 Å². The molecule has 0 heterocycles. The quantitative estimate of drug-likeness (QED) is 0.795. The highest BCUT2D eigenvalue weighted by molar-refractivity contribution is 5.91. The number of Topliss-reactive ketones (excluding diaryl/α,β-unsaturated/α-hetero) is 1. The fraction of sp³-hybridized carbons (Fsp3) is 0.562. The molecular formula is C16H22O2. The van der Waals surface area contributed by atoms with Gasteiger partial charge in [0.15, 0.2) is 5.78 Å². The van der Waals surface area contributed by atoms with E-state index in [9.17, 15) is 4.79 Å². The number of carbonyl (C=O) groups excluding carboxylic acids is 1. The van der Waals surface area contributed by atoms with Crippen LogP contribution in [0.2, 0.25) is 0 Å². The molecule has 1 aliphatic carbocycles. The molecule has 98 valence electrons. The summed E-state index contributed by atoms with van der Waals surface area (Å²) in [5.41, 5.74) is 0.892. The van der Waals surface area contributed by atoms with Gasteiger partial charge in [-0.3, -0.25) is 4.79 Å². The number of carbonyl (C=O) groups is 1. The van der Waals surface area contributed by atoms with Crippen LogP contribution in [0.5, 0.6) is 0 Å². The minimum atomic E-state index is -0.283. The van der Waals surface area contributed by atoms with E-state index < -0.39 is 0 Å². The van der Waals surface area contributed by atoms with Gasteiger partial charge in [0, 0.05) is 6.61 Å². The molecule has 0 aliphatic heterocycles. The van der Waals surface area contributed by atoms with Crippen LogP contribution in [0, 0.1) is 0 Å². The van der Waals surface area contributed by atoms with Crippen LogP contribution in [0.25, 0.3) is 0 Å². The van der Waals surface area contributed by atoms with Crippen LogP contribution < -0.4 is 0 Å². The van der Waals surface area contributed by atoms with Crippen LogP contribution >= 0.6 is 0 Å². The lowest BCUT2D eigenvalue weighted by Gasteiger charge is -2.36. The molecule has 0 spiro atoms. The van der Waals surface area contributed by atoms with Crippen LogP contribution in [0.15, 0.2) is 30.3 Å². The molecule has 2 rings (SSSR count). The van der Waals surface area contributed by atoms with Gasteiger partial charge >= 0.3 is 0 Å². The van der Waals surface area contributed by atoms with Crippen LogP contribution in [0.4, 0.5) is 0 Å². The van der Waals surface area contributed by atoms with E-state index in [1.807, 2.05) is 25.1 Å². The predicted octanol–water partition coefficient (Wildman–Crippen LogP) is 3.49.